The minimum atomic E-state index is -3.33. The molecule has 2 aromatic rings. The zero-order chi connectivity index (χ0) is 21.0. The zero-order valence-electron chi connectivity index (χ0n) is 16.3. The van der Waals surface area contributed by atoms with Crippen molar-refractivity contribution in [1.29, 1.82) is 0 Å². The number of hydrogen-bond acceptors (Lipinski definition) is 5. The summed E-state index contributed by atoms with van der Waals surface area (Å²) in [5.74, 6) is -0.410. The third-order valence-corrected chi connectivity index (χ3v) is 6.53. The van der Waals surface area contributed by atoms with E-state index >= 15 is 0 Å². The number of nitrogens with zero attached hydrogens (tertiary/aromatic N) is 1. The van der Waals surface area contributed by atoms with E-state index in [1.807, 2.05) is 26.0 Å². The summed E-state index contributed by atoms with van der Waals surface area (Å²) in [6.45, 7) is 4.06. The highest BCUT2D eigenvalue weighted by atomic mass is 32.2. The average molecular weight is 417 g/mol. The van der Waals surface area contributed by atoms with Crippen LogP contribution in [0.1, 0.15) is 27.9 Å². The summed E-state index contributed by atoms with van der Waals surface area (Å²) in [5.41, 5.74) is 7.44. The molecular weight excluding hydrogens is 394 g/mol. The van der Waals surface area contributed by atoms with Gasteiger partial charge in [-0.3, -0.25) is 24.7 Å². The molecule has 0 aliphatic carbocycles. The Hall–Kier alpha value is -3.07. The lowest BCUT2D eigenvalue weighted by Gasteiger charge is -2.17. The van der Waals surface area contributed by atoms with Gasteiger partial charge in [-0.1, -0.05) is 12.1 Å². The van der Waals surface area contributed by atoms with E-state index in [0.717, 1.165) is 11.1 Å². The Morgan fingerprint density at radius 3 is 2.55 bits per heavy atom. The largest absolute Gasteiger partial charge is 0.484 e. The summed E-state index contributed by atoms with van der Waals surface area (Å²) < 4.78 is 30.8. The summed E-state index contributed by atoms with van der Waals surface area (Å²) in [6, 6.07) is 11.8. The van der Waals surface area contributed by atoms with Crippen LogP contribution in [0.4, 0.5) is 5.69 Å². The Labute approximate surface area is 169 Å². The predicted octanol–water partition coefficient (Wildman–Crippen LogP) is 1.68. The van der Waals surface area contributed by atoms with Crippen molar-refractivity contribution < 1.29 is 22.7 Å². The Bertz CT molecular complexity index is 1040. The lowest BCUT2D eigenvalue weighted by molar-refractivity contribution is -0.123. The quantitative estimate of drug-likeness (QED) is 0.721. The molecule has 1 fully saturated rings. The monoisotopic (exact) mass is 417 g/mol. The number of hydrogen-bond donors (Lipinski definition) is 2. The molecule has 1 aliphatic heterocycles. The highest BCUT2D eigenvalue weighted by molar-refractivity contribution is 7.93. The molecule has 0 radical (unpaired) electrons. The topological polar surface area (TPSA) is 105 Å². The highest BCUT2D eigenvalue weighted by Crippen LogP contribution is 2.24. The Kier molecular flexibility index (Phi) is 6.07. The van der Waals surface area contributed by atoms with Crippen LogP contribution in [0.2, 0.25) is 0 Å². The SMILES string of the molecule is Cc1ccc(OCC(=O)NNC(=O)c2cccc(N3CCCS3(=O)=O)c2)cc1C. The van der Waals surface area contributed by atoms with E-state index in [1.165, 1.54) is 10.4 Å². The van der Waals surface area contributed by atoms with E-state index in [2.05, 4.69) is 10.9 Å². The van der Waals surface area contributed by atoms with Gasteiger partial charge in [-0.2, -0.15) is 0 Å². The van der Waals surface area contributed by atoms with Gasteiger partial charge in [0.2, 0.25) is 10.0 Å². The van der Waals surface area contributed by atoms with E-state index in [0.29, 0.717) is 24.4 Å². The molecule has 2 N–H and O–H groups in total. The van der Waals surface area contributed by atoms with Crippen LogP contribution in [0.25, 0.3) is 0 Å². The predicted molar refractivity (Wildman–Crippen MR) is 109 cm³/mol. The number of carbonyl (C=O) groups excluding carboxylic acids is 2. The van der Waals surface area contributed by atoms with Crippen molar-refractivity contribution in [2.45, 2.75) is 20.3 Å². The number of nitrogens with one attached hydrogen (secondary N) is 2. The normalized spacial score (nSPS) is 15.0. The van der Waals surface area contributed by atoms with Gasteiger partial charge in [-0.05, 0) is 61.7 Å². The summed E-state index contributed by atoms with van der Waals surface area (Å²) in [5, 5.41) is 0. The molecular formula is C20H23N3O5S. The molecule has 1 heterocycles. The molecule has 29 heavy (non-hydrogen) atoms. The average Bonchev–Trinajstić information content (AvgIpc) is 3.06. The van der Waals surface area contributed by atoms with Crippen LogP contribution in [-0.2, 0) is 14.8 Å². The maximum atomic E-state index is 12.3. The fourth-order valence-electron chi connectivity index (χ4n) is 2.92. The van der Waals surface area contributed by atoms with Gasteiger partial charge < -0.3 is 4.74 Å². The molecule has 0 unspecified atom stereocenters. The fraction of sp³-hybridized carbons (Fsp3) is 0.300. The molecule has 2 amide bonds. The maximum Gasteiger partial charge on any atom is 0.276 e. The number of ether oxygens (including phenoxy) is 1. The first kappa shape index (κ1) is 20.7. The third kappa shape index (κ3) is 5.05. The van der Waals surface area contributed by atoms with Gasteiger partial charge in [0.25, 0.3) is 11.8 Å². The van der Waals surface area contributed by atoms with Crippen molar-refractivity contribution in [1.82, 2.24) is 10.9 Å². The van der Waals surface area contributed by atoms with Gasteiger partial charge in [0.15, 0.2) is 6.61 Å². The smallest absolute Gasteiger partial charge is 0.276 e. The van der Waals surface area contributed by atoms with E-state index in [1.54, 1.807) is 24.3 Å². The van der Waals surface area contributed by atoms with Gasteiger partial charge in [-0.15, -0.1) is 0 Å². The molecule has 3 rings (SSSR count). The van der Waals surface area contributed by atoms with Crippen LogP contribution in [0.15, 0.2) is 42.5 Å². The lowest BCUT2D eigenvalue weighted by Crippen LogP contribution is -2.43. The van der Waals surface area contributed by atoms with Gasteiger partial charge >= 0.3 is 0 Å². The summed E-state index contributed by atoms with van der Waals surface area (Å²) in [4.78, 5) is 24.2. The molecule has 9 heteroatoms. The molecule has 0 atom stereocenters. The number of benzene rings is 2. The molecule has 0 aromatic heterocycles. The van der Waals surface area contributed by atoms with Crippen molar-refractivity contribution in [3.05, 3.63) is 59.2 Å². The summed E-state index contributed by atoms with van der Waals surface area (Å²) >= 11 is 0. The van der Waals surface area contributed by atoms with Crippen molar-refractivity contribution in [3.8, 4) is 5.75 Å². The molecule has 0 spiro atoms. The standard InChI is InChI=1S/C20H23N3O5S/c1-14-7-8-18(11-15(14)2)28-13-19(24)21-22-20(25)16-5-3-6-17(12-16)23-9-4-10-29(23,26)27/h3,5-8,11-12H,4,9-10,13H2,1-2H3,(H,21,24)(H,22,25). The van der Waals surface area contributed by atoms with Crippen molar-refractivity contribution >= 4 is 27.5 Å². The van der Waals surface area contributed by atoms with Crippen molar-refractivity contribution in [2.24, 2.45) is 0 Å². The molecule has 1 aliphatic rings. The highest BCUT2D eigenvalue weighted by Gasteiger charge is 2.28. The van der Waals surface area contributed by atoms with Gasteiger partial charge in [0.1, 0.15) is 5.75 Å². The number of amides is 2. The number of carbonyl (C=O) groups is 2. The third-order valence-electron chi connectivity index (χ3n) is 4.66. The second-order valence-corrected chi connectivity index (χ2v) is 8.84. The van der Waals surface area contributed by atoms with E-state index in [4.69, 9.17) is 4.74 Å². The Morgan fingerprint density at radius 1 is 1.07 bits per heavy atom. The van der Waals surface area contributed by atoms with Crippen LogP contribution >= 0.6 is 0 Å². The number of sulfonamides is 1. The Morgan fingerprint density at radius 2 is 1.86 bits per heavy atom. The second kappa shape index (κ2) is 8.52. The molecule has 154 valence electrons. The minimum Gasteiger partial charge on any atom is -0.484 e. The van der Waals surface area contributed by atoms with Crippen LogP contribution < -0.4 is 19.9 Å². The number of rotatable bonds is 5. The number of hydrazine groups is 1. The number of aryl methyl sites for hydroxylation is 2. The number of anilines is 1. The van der Waals surface area contributed by atoms with E-state index in [-0.39, 0.29) is 17.9 Å². The minimum absolute atomic E-state index is 0.0972. The maximum absolute atomic E-state index is 12.3. The van der Waals surface area contributed by atoms with E-state index in [9.17, 15) is 18.0 Å². The van der Waals surface area contributed by atoms with Crippen LogP contribution in [0.5, 0.6) is 5.75 Å². The van der Waals surface area contributed by atoms with E-state index < -0.39 is 21.8 Å². The second-order valence-electron chi connectivity index (χ2n) is 6.83. The molecule has 2 aromatic carbocycles. The zero-order valence-corrected chi connectivity index (χ0v) is 17.1. The Balaban J connectivity index is 1.54. The van der Waals surface area contributed by atoms with Crippen LogP contribution in [0, 0.1) is 13.8 Å². The molecule has 8 nitrogen and oxygen atoms in total. The van der Waals surface area contributed by atoms with Crippen LogP contribution in [0.3, 0.4) is 0 Å². The van der Waals surface area contributed by atoms with Crippen LogP contribution in [-0.4, -0.2) is 39.1 Å². The van der Waals surface area contributed by atoms with Crippen molar-refractivity contribution in [2.75, 3.05) is 23.2 Å². The first-order valence-corrected chi connectivity index (χ1v) is 10.8. The molecule has 0 bridgehead atoms. The molecule has 1 saturated heterocycles. The van der Waals surface area contributed by atoms with Gasteiger partial charge in [0, 0.05) is 12.1 Å². The van der Waals surface area contributed by atoms with Gasteiger partial charge in [0.05, 0.1) is 11.4 Å². The summed E-state index contributed by atoms with van der Waals surface area (Å²) in [6.07, 6.45) is 0.551. The first-order valence-electron chi connectivity index (χ1n) is 9.16. The molecule has 0 saturated carbocycles. The van der Waals surface area contributed by atoms with Crippen molar-refractivity contribution in [3.63, 3.8) is 0 Å². The first-order chi connectivity index (χ1) is 13.8. The summed E-state index contributed by atoms with van der Waals surface area (Å²) in [7, 11) is -3.33. The fourth-order valence-corrected chi connectivity index (χ4v) is 4.48. The lowest BCUT2D eigenvalue weighted by atomic mass is 10.1. The van der Waals surface area contributed by atoms with Gasteiger partial charge in [-0.25, -0.2) is 8.42 Å².